The summed E-state index contributed by atoms with van der Waals surface area (Å²) >= 11 is 4.94. The van der Waals surface area contributed by atoms with E-state index in [1.165, 1.54) is 32.1 Å². The standard InChI is InChI=1S/C12H18BrN3S/c1-9(13)8-17-12-14-11(15-16-12)7-6-10-4-2-3-5-10/h10H,1-8H2,(H,14,15,16). The quantitative estimate of drug-likeness (QED) is 0.809. The predicted molar refractivity (Wildman–Crippen MR) is 75.5 cm³/mol. The van der Waals surface area contributed by atoms with Crippen molar-refractivity contribution in [2.75, 3.05) is 5.75 Å². The second kappa shape index (κ2) is 6.59. The molecular formula is C12H18BrN3S. The van der Waals surface area contributed by atoms with Crippen LogP contribution in [-0.4, -0.2) is 20.9 Å². The molecule has 1 aromatic rings. The second-order valence-electron chi connectivity index (χ2n) is 4.56. The normalized spacial score (nSPS) is 16.5. The van der Waals surface area contributed by atoms with Gasteiger partial charge in [-0.25, -0.2) is 4.98 Å². The maximum atomic E-state index is 4.48. The fraction of sp³-hybridized carbons (Fsp3) is 0.667. The highest BCUT2D eigenvalue weighted by molar-refractivity contribution is 9.11. The Balaban J connectivity index is 1.75. The smallest absolute Gasteiger partial charge is 0.208 e. The van der Waals surface area contributed by atoms with Gasteiger partial charge in [0, 0.05) is 12.2 Å². The van der Waals surface area contributed by atoms with Crippen molar-refractivity contribution >= 4 is 27.7 Å². The molecule has 1 N–H and O–H groups in total. The summed E-state index contributed by atoms with van der Waals surface area (Å²) in [6.07, 6.45) is 7.92. The van der Waals surface area contributed by atoms with Gasteiger partial charge in [-0.2, -0.15) is 0 Å². The van der Waals surface area contributed by atoms with Crippen molar-refractivity contribution in [3.63, 3.8) is 0 Å². The molecule has 0 amide bonds. The third kappa shape index (κ3) is 4.47. The van der Waals surface area contributed by atoms with Crippen LogP contribution in [0.3, 0.4) is 0 Å². The summed E-state index contributed by atoms with van der Waals surface area (Å²) in [5.41, 5.74) is 0. The number of hydrogen-bond donors (Lipinski definition) is 1. The molecule has 2 rings (SSSR count). The Labute approximate surface area is 115 Å². The van der Waals surface area contributed by atoms with Crippen molar-refractivity contribution in [2.45, 2.75) is 43.7 Å². The van der Waals surface area contributed by atoms with E-state index in [0.29, 0.717) is 0 Å². The number of thioether (sulfide) groups is 1. The summed E-state index contributed by atoms with van der Waals surface area (Å²) in [6.45, 7) is 3.80. The summed E-state index contributed by atoms with van der Waals surface area (Å²) in [5.74, 6) is 2.76. The highest BCUT2D eigenvalue weighted by Gasteiger charge is 2.15. The zero-order valence-electron chi connectivity index (χ0n) is 9.91. The molecule has 3 nitrogen and oxygen atoms in total. The molecular weight excluding hydrogens is 298 g/mol. The number of nitrogens with zero attached hydrogens (tertiary/aromatic N) is 2. The predicted octanol–water partition coefficient (Wildman–Crippen LogP) is 3.93. The Morgan fingerprint density at radius 1 is 1.47 bits per heavy atom. The van der Waals surface area contributed by atoms with Crippen molar-refractivity contribution < 1.29 is 0 Å². The van der Waals surface area contributed by atoms with E-state index in [0.717, 1.165) is 33.6 Å². The molecule has 0 aliphatic heterocycles. The number of halogens is 1. The topological polar surface area (TPSA) is 41.6 Å². The van der Waals surface area contributed by atoms with E-state index in [9.17, 15) is 0 Å². The van der Waals surface area contributed by atoms with Gasteiger partial charge in [-0.05, 0) is 16.8 Å². The molecule has 1 aliphatic rings. The van der Waals surface area contributed by atoms with Crippen molar-refractivity contribution in [1.82, 2.24) is 15.2 Å². The van der Waals surface area contributed by atoms with Crippen LogP contribution in [0.25, 0.3) is 0 Å². The van der Waals surface area contributed by atoms with Gasteiger partial charge in [-0.3, -0.25) is 5.10 Å². The van der Waals surface area contributed by atoms with Crippen LogP contribution >= 0.6 is 27.7 Å². The van der Waals surface area contributed by atoms with E-state index in [-0.39, 0.29) is 0 Å². The van der Waals surface area contributed by atoms with Crippen LogP contribution in [0.15, 0.2) is 16.2 Å². The number of aromatic amines is 1. The molecule has 0 spiro atoms. The van der Waals surface area contributed by atoms with E-state index in [1.807, 2.05) is 0 Å². The number of nitrogens with one attached hydrogen (secondary N) is 1. The van der Waals surface area contributed by atoms with Crippen LogP contribution in [-0.2, 0) is 6.42 Å². The zero-order valence-corrected chi connectivity index (χ0v) is 12.3. The second-order valence-corrected chi connectivity index (χ2v) is 6.62. The number of aryl methyl sites for hydroxylation is 1. The third-order valence-corrected chi connectivity index (χ3v) is 4.72. The first-order chi connectivity index (χ1) is 8.24. The Morgan fingerprint density at radius 2 is 2.24 bits per heavy atom. The maximum Gasteiger partial charge on any atom is 0.208 e. The lowest BCUT2D eigenvalue weighted by atomic mass is 10.0. The van der Waals surface area contributed by atoms with E-state index in [2.05, 4.69) is 37.7 Å². The molecule has 17 heavy (non-hydrogen) atoms. The minimum Gasteiger partial charge on any atom is -0.262 e. The monoisotopic (exact) mass is 315 g/mol. The first-order valence-corrected chi connectivity index (χ1v) is 7.89. The fourth-order valence-corrected chi connectivity index (χ4v) is 3.15. The first kappa shape index (κ1) is 13.1. The van der Waals surface area contributed by atoms with E-state index in [4.69, 9.17) is 0 Å². The maximum absolute atomic E-state index is 4.48. The van der Waals surface area contributed by atoms with Crippen molar-refractivity contribution in [3.05, 3.63) is 16.9 Å². The van der Waals surface area contributed by atoms with Gasteiger partial charge in [-0.1, -0.05) is 60.0 Å². The minimum atomic E-state index is 0.819. The Hall–Kier alpha value is -0.290. The van der Waals surface area contributed by atoms with Gasteiger partial charge in [0.25, 0.3) is 0 Å². The van der Waals surface area contributed by atoms with E-state index in [1.54, 1.807) is 11.8 Å². The van der Waals surface area contributed by atoms with Crippen molar-refractivity contribution in [1.29, 1.82) is 0 Å². The third-order valence-electron chi connectivity index (χ3n) is 3.13. The molecule has 1 heterocycles. The molecule has 1 saturated carbocycles. The van der Waals surface area contributed by atoms with Crippen molar-refractivity contribution in [2.24, 2.45) is 5.92 Å². The van der Waals surface area contributed by atoms with Gasteiger partial charge in [0.1, 0.15) is 5.82 Å². The molecule has 0 radical (unpaired) electrons. The van der Waals surface area contributed by atoms with Crippen LogP contribution in [0.5, 0.6) is 0 Å². The van der Waals surface area contributed by atoms with Crippen LogP contribution in [0.2, 0.25) is 0 Å². The zero-order chi connectivity index (χ0) is 12.1. The summed E-state index contributed by atoms with van der Waals surface area (Å²) in [7, 11) is 0. The first-order valence-electron chi connectivity index (χ1n) is 6.11. The van der Waals surface area contributed by atoms with E-state index >= 15 is 0 Å². The average Bonchev–Trinajstić information content (AvgIpc) is 2.95. The largest absolute Gasteiger partial charge is 0.262 e. The molecule has 0 saturated heterocycles. The summed E-state index contributed by atoms with van der Waals surface area (Å²) in [5, 5.41) is 8.05. The van der Waals surface area contributed by atoms with Gasteiger partial charge < -0.3 is 0 Å². The lowest BCUT2D eigenvalue weighted by Gasteiger charge is -2.05. The minimum absolute atomic E-state index is 0.819. The Bertz CT molecular complexity index is 372. The van der Waals surface area contributed by atoms with Crippen molar-refractivity contribution in [3.8, 4) is 0 Å². The van der Waals surface area contributed by atoms with Gasteiger partial charge in [-0.15, -0.1) is 5.10 Å². The SMILES string of the molecule is C=C(Br)CSc1n[nH]c(CCC2CCCC2)n1. The number of aromatic nitrogens is 3. The molecule has 1 aromatic heterocycles. The number of rotatable bonds is 6. The van der Waals surface area contributed by atoms with Gasteiger partial charge in [0.2, 0.25) is 5.16 Å². The fourth-order valence-electron chi connectivity index (χ4n) is 2.24. The molecule has 0 unspecified atom stereocenters. The summed E-state index contributed by atoms with van der Waals surface area (Å²) < 4.78 is 0.972. The molecule has 5 heteroatoms. The molecule has 0 bridgehead atoms. The number of H-pyrrole nitrogens is 1. The van der Waals surface area contributed by atoms with Crippen LogP contribution in [0, 0.1) is 5.92 Å². The highest BCUT2D eigenvalue weighted by atomic mass is 79.9. The Morgan fingerprint density at radius 3 is 2.94 bits per heavy atom. The average molecular weight is 316 g/mol. The van der Waals surface area contributed by atoms with Crippen LogP contribution in [0.1, 0.15) is 37.9 Å². The molecule has 0 aromatic carbocycles. The van der Waals surface area contributed by atoms with Crippen LogP contribution in [0.4, 0.5) is 0 Å². The molecule has 1 aliphatic carbocycles. The van der Waals surface area contributed by atoms with Gasteiger partial charge >= 0.3 is 0 Å². The molecule has 0 atom stereocenters. The highest BCUT2D eigenvalue weighted by Crippen LogP contribution is 2.28. The lowest BCUT2D eigenvalue weighted by Crippen LogP contribution is -1.97. The number of hydrogen-bond acceptors (Lipinski definition) is 3. The molecule has 94 valence electrons. The summed E-state index contributed by atoms with van der Waals surface area (Å²) in [6, 6.07) is 0. The lowest BCUT2D eigenvalue weighted by molar-refractivity contribution is 0.497. The van der Waals surface area contributed by atoms with Gasteiger partial charge in [0.15, 0.2) is 0 Å². The van der Waals surface area contributed by atoms with Gasteiger partial charge in [0.05, 0.1) is 0 Å². The summed E-state index contributed by atoms with van der Waals surface area (Å²) in [4.78, 5) is 4.48. The van der Waals surface area contributed by atoms with Crippen LogP contribution < -0.4 is 0 Å². The Kier molecular flexibility index (Phi) is 5.10. The molecule has 1 fully saturated rings. The van der Waals surface area contributed by atoms with E-state index < -0.39 is 0 Å².